The van der Waals surface area contributed by atoms with E-state index in [2.05, 4.69) is 8.37 Å². The maximum absolute atomic E-state index is 11.0. The largest absolute Gasteiger partial charge is 0.397 e. The zero-order valence-corrected chi connectivity index (χ0v) is 16.9. The Morgan fingerprint density at radius 1 is 0.742 bits per heavy atom. The van der Waals surface area contributed by atoms with Crippen molar-refractivity contribution in [2.24, 2.45) is 0 Å². The van der Waals surface area contributed by atoms with Crippen molar-refractivity contribution in [1.29, 1.82) is 0 Å². The van der Waals surface area contributed by atoms with Crippen molar-refractivity contribution in [2.75, 3.05) is 13.2 Å². The van der Waals surface area contributed by atoms with Gasteiger partial charge in [-0.2, -0.15) is 16.8 Å². The summed E-state index contributed by atoms with van der Waals surface area (Å²) in [7, 11) is -10.3. The molecule has 17 nitrogen and oxygen atoms in total. The second-order valence-electron chi connectivity index (χ2n) is 6.55. The number of hydrogen-bond donors (Lipinski definition) is 8. The minimum atomic E-state index is -5.28. The highest BCUT2D eigenvalue weighted by atomic mass is 32.3. The van der Waals surface area contributed by atoms with Gasteiger partial charge >= 0.3 is 20.8 Å². The molecular weight excluding hydrogens is 480 g/mol. The first-order chi connectivity index (χ1) is 14.1. The van der Waals surface area contributed by atoms with Gasteiger partial charge < -0.3 is 44.8 Å². The molecule has 2 aliphatic heterocycles. The van der Waals surface area contributed by atoms with Crippen molar-refractivity contribution in [3.63, 3.8) is 0 Å². The lowest BCUT2D eigenvalue weighted by Crippen LogP contribution is -2.65. The van der Waals surface area contributed by atoms with Gasteiger partial charge in [-0.05, 0) is 0 Å². The van der Waals surface area contributed by atoms with E-state index < -0.39 is 95.4 Å². The van der Waals surface area contributed by atoms with Crippen LogP contribution in [0.5, 0.6) is 0 Å². The van der Waals surface area contributed by atoms with E-state index in [1.165, 1.54) is 0 Å². The quantitative estimate of drug-likeness (QED) is 0.143. The van der Waals surface area contributed by atoms with Gasteiger partial charge in [0.15, 0.2) is 12.6 Å². The Kier molecular flexibility index (Phi) is 8.68. The average Bonchev–Trinajstić information content (AvgIpc) is 2.64. The fourth-order valence-electron chi connectivity index (χ4n) is 2.95. The standard InChI is InChI=1S/C12H22O17S2/c13-1-3-9(6(15)7(16)11(18)26-3)28-12-8(17)10(29-31(22,23)24)5(14)4(27-12)2-25-30(19,20)21/h3-18H,1-2H2,(H,19,20,21)(H,22,23,24)/t3-,4-,5+,6-,7-,8-,9-,10+,11-,12+/m1/s1. The summed E-state index contributed by atoms with van der Waals surface area (Å²) < 4.78 is 84.5. The van der Waals surface area contributed by atoms with Gasteiger partial charge in [0.1, 0.15) is 48.8 Å². The third kappa shape index (κ3) is 6.93. The summed E-state index contributed by atoms with van der Waals surface area (Å²) in [5.74, 6) is 0. The van der Waals surface area contributed by atoms with Crippen LogP contribution in [-0.4, -0.2) is 131 Å². The van der Waals surface area contributed by atoms with Crippen molar-refractivity contribution < 1.29 is 79.2 Å². The summed E-state index contributed by atoms with van der Waals surface area (Å²) in [4.78, 5) is 0. The molecule has 0 aromatic rings. The van der Waals surface area contributed by atoms with E-state index >= 15 is 0 Å². The molecule has 0 aromatic heterocycles. The number of aliphatic hydroxyl groups excluding tert-OH is 6. The van der Waals surface area contributed by atoms with Gasteiger partial charge in [0.2, 0.25) is 0 Å². The van der Waals surface area contributed by atoms with E-state index in [1.807, 2.05) is 0 Å². The van der Waals surface area contributed by atoms with E-state index in [1.54, 1.807) is 0 Å². The summed E-state index contributed by atoms with van der Waals surface area (Å²) in [6.45, 7) is -2.02. The monoisotopic (exact) mass is 502 g/mol. The molecule has 2 rings (SSSR count). The second-order valence-corrected chi connectivity index (χ2v) is 8.69. The third-order valence-corrected chi connectivity index (χ3v) is 5.29. The van der Waals surface area contributed by atoms with Crippen LogP contribution in [0.2, 0.25) is 0 Å². The Labute approximate surface area is 175 Å². The van der Waals surface area contributed by atoms with E-state index in [0.29, 0.717) is 0 Å². The zero-order chi connectivity index (χ0) is 23.7. The molecule has 184 valence electrons. The van der Waals surface area contributed by atoms with Gasteiger partial charge in [-0.3, -0.25) is 9.11 Å². The smallest absolute Gasteiger partial charge is 0.394 e. The first-order valence-electron chi connectivity index (χ1n) is 8.39. The van der Waals surface area contributed by atoms with Gasteiger partial charge in [-0.1, -0.05) is 0 Å². The molecule has 10 atom stereocenters. The molecule has 0 amide bonds. The summed E-state index contributed by atoms with van der Waals surface area (Å²) in [6, 6.07) is 0. The number of hydrogen-bond acceptors (Lipinski definition) is 15. The molecule has 0 unspecified atom stereocenters. The molecule has 2 aliphatic rings. The van der Waals surface area contributed by atoms with Crippen LogP contribution in [-0.2, 0) is 43.4 Å². The van der Waals surface area contributed by atoms with Crippen LogP contribution in [0, 0.1) is 0 Å². The maximum atomic E-state index is 11.0. The molecule has 0 saturated carbocycles. The Balaban J connectivity index is 2.28. The third-order valence-electron chi connectivity index (χ3n) is 4.39. The molecule has 0 bridgehead atoms. The van der Waals surface area contributed by atoms with Crippen LogP contribution < -0.4 is 0 Å². The summed E-state index contributed by atoms with van der Waals surface area (Å²) in [5.41, 5.74) is 0. The highest BCUT2D eigenvalue weighted by Crippen LogP contribution is 2.30. The van der Waals surface area contributed by atoms with Gasteiger partial charge in [0.25, 0.3) is 0 Å². The zero-order valence-electron chi connectivity index (χ0n) is 15.3. The van der Waals surface area contributed by atoms with Crippen molar-refractivity contribution in [1.82, 2.24) is 0 Å². The van der Waals surface area contributed by atoms with E-state index in [9.17, 15) is 47.5 Å². The number of rotatable bonds is 8. The molecule has 2 saturated heterocycles. The van der Waals surface area contributed by atoms with Gasteiger partial charge in [-0.25, -0.2) is 8.37 Å². The molecule has 0 spiro atoms. The minimum absolute atomic E-state index is 0.878. The van der Waals surface area contributed by atoms with E-state index in [4.69, 9.17) is 23.3 Å². The van der Waals surface area contributed by atoms with Crippen molar-refractivity contribution in [3.05, 3.63) is 0 Å². The molecule has 2 fully saturated rings. The van der Waals surface area contributed by atoms with E-state index in [0.717, 1.165) is 0 Å². The van der Waals surface area contributed by atoms with Crippen LogP contribution in [0.25, 0.3) is 0 Å². The van der Waals surface area contributed by atoms with Crippen LogP contribution >= 0.6 is 0 Å². The first kappa shape index (κ1) is 26.6. The van der Waals surface area contributed by atoms with Gasteiger partial charge in [0.05, 0.1) is 13.2 Å². The maximum Gasteiger partial charge on any atom is 0.397 e. The molecule has 0 aliphatic carbocycles. The van der Waals surface area contributed by atoms with Crippen molar-refractivity contribution in [3.8, 4) is 0 Å². The van der Waals surface area contributed by atoms with Crippen LogP contribution in [0.1, 0.15) is 0 Å². The lowest BCUT2D eigenvalue weighted by molar-refractivity contribution is -0.353. The molecule has 19 heteroatoms. The van der Waals surface area contributed by atoms with E-state index in [-0.39, 0.29) is 0 Å². The van der Waals surface area contributed by atoms with Crippen LogP contribution in [0.4, 0.5) is 0 Å². The highest BCUT2D eigenvalue weighted by Gasteiger charge is 2.52. The topological polar surface area (TPSA) is 276 Å². The lowest BCUT2D eigenvalue weighted by atomic mass is 9.97. The fraction of sp³-hybridized carbons (Fsp3) is 1.00. The van der Waals surface area contributed by atoms with Gasteiger partial charge in [0, 0.05) is 0 Å². The second kappa shape index (κ2) is 10.1. The first-order valence-corrected chi connectivity index (χ1v) is 11.1. The molecule has 8 N–H and O–H groups in total. The summed E-state index contributed by atoms with van der Waals surface area (Å²) in [5, 5.41) is 59.1. The molecule has 2 heterocycles. The molecule has 31 heavy (non-hydrogen) atoms. The number of aliphatic hydroxyl groups is 6. The minimum Gasteiger partial charge on any atom is -0.394 e. The summed E-state index contributed by atoms with van der Waals surface area (Å²) >= 11 is 0. The predicted molar refractivity (Wildman–Crippen MR) is 89.4 cm³/mol. The van der Waals surface area contributed by atoms with Crippen molar-refractivity contribution >= 4 is 20.8 Å². The SMILES string of the molecule is O=S(=O)(O)OC[C@H]1O[C@@H](O[C@H]2[C@H](O)[C@@H](O)[C@H](O)O[C@@H]2CO)[C@H](O)[C@@H](OS(=O)(=O)O)[C@H]1O. The van der Waals surface area contributed by atoms with Gasteiger partial charge in [-0.15, -0.1) is 0 Å². The molecular formula is C12H22O17S2. The molecule has 0 radical (unpaired) electrons. The lowest BCUT2D eigenvalue weighted by Gasteiger charge is -2.45. The van der Waals surface area contributed by atoms with Crippen molar-refractivity contribution in [2.45, 2.75) is 61.4 Å². The molecule has 0 aromatic carbocycles. The Bertz CT molecular complexity index is 798. The van der Waals surface area contributed by atoms with Crippen LogP contribution in [0.3, 0.4) is 0 Å². The average molecular weight is 502 g/mol. The Morgan fingerprint density at radius 2 is 1.35 bits per heavy atom. The fourth-order valence-corrected chi connectivity index (χ4v) is 3.76. The predicted octanol–water partition coefficient (Wildman–Crippen LogP) is -5.74. The number of ether oxygens (including phenoxy) is 3. The Morgan fingerprint density at radius 3 is 1.87 bits per heavy atom. The van der Waals surface area contributed by atoms with Crippen LogP contribution in [0.15, 0.2) is 0 Å². The normalized spacial score (nSPS) is 42.5. The summed E-state index contributed by atoms with van der Waals surface area (Å²) in [6.07, 6.45) is -19.5. The Hall–Kier alpha value is -0.620. The highest BCUT2D eigenvalue weighted by molar-refractivity contribution is 7.81.